The molecular weight excluding hydrogens is 421 g/mol. The first-order valence-corrected chi connectivity index (χ1v) is 11.9. The maximum absolute atomic E-state index is 12.8. The van der Waals surface area contributed by atoms with Crippen LogP contribution in [-0.2, 0) is 24.1 Å². The Morgan fingerprint density at radius 2 is 1.61 bits per heavy atom. The molecule has 2 aliphatic heterocycles. The smallest absolute Gasteiger partial charge is 0.335 e. The maximum atomic E-state index is 12.8. The lowest BCUT2D eigenvalue weighted by Gasteiger charge is -2.47. The Morgan fingerprint density at radius 1 is 0.968 bits per heavy atom. The molecule has 0 aliphatic carbocycles. The zero-order valence-corrected chi connectivity index (χ0v) is 18.4. The van der Waals surface area contributed by atoms with Crippen LogP contribution >= 0.6 is 11.8 Å². The van der Waals surface area contributed by atoms with Gasteiger partial charge in [-0.15, -0.1) is 11.8 Å². The fourth-order valence-corrected chi connectivity index (χ4v) is 5.17. The molecule has 0 saturated carbocycles. The standard InChI is InChI=1S/C24H27F3N2OS/c1-31-21-9-4-17(5-10-21)14-28-13-12-22-19(16-28)6-11-23(30)29(22)15-18-2-7-20(8-3-18)24(25,26)27/h2-5,7-10,19,22H,6,11-16H2,1H3/t19-,22+/m1/s1. The van der Waals surface area contributed by atoms with Crippen LogP contribution in [0.5, 0.6) is 0 Å². The van der Waals surface area contributed by atoms with Crippen molar-refractivity contribution in [1.29, 1.82) is 0 Å². The highest BCUT2D eigenvalue weighted by Crippen LogP contribution is 2.34. The summed E-state index contributed by atoms with van der Waals surface area (Å²) >= 11 is 1.73. The van der Waals surface area contributed by atoms with E-state index in [0.717, 1.165) is 50.2 Å². The summed E-state index contributed by atoms with van der Waals surface area (Å²) in [6.07, 6.45) is 0.0284. The van der Waals surface area contributed by atoms with Crippen LogP contribution in [0.15, 0.2) is 53.4 Å². The van der Waals surface area contributed by atoms with Gasteiger partial charge in [0.15, 0.2) is 0 Å². The fourth-order valence-electron chi connectivity index (χ4n) is 4.76. The summed E-state index contributed by atoms with van der Waals surface area (Å²) in [5.41, 5.74) is 1.39. The van der Waals surface area contributed by atoms with Gasteiger partial charge in [0.25, 0.3) is 0 Å². The van der Waals surface area contributed by atoms with Crippen LogP contribution in [0.1, 0.15) is 36.0 Å². The van der Waals surface area contributed by atoms with Crippen molar-refractivity contribution in [2.75, 3.05) is 19.3 Å². The highest BCUT2D eigenvalue weighted by atomic mass is 32.2. The molecule has 0 bridgehead atoms. The molecule has 2 aromatic rings. The number of rotatable bonds is 5. The molecule has 31 heavy (non-hydrogen) atoms. The summed E-state index contributed by atoms with van der Waals surface area (Å²) in [5.74, 6) is 0.522. The number of piperidine rings is 2. The topological polar surface area (TPSA) is 23.6 Å². The molecule has 2 saturated heterocycles. The summed E-state index contributed by atoms with van der Waals surface area (Å²) in [7, 11) is 0. The van der Waals surface area contributed by atoms with E-state index in [1.807, 2.05) is 4.90 Å². The van der Waals surface area contributed by atoms with Crippen molar-refractivity contribution >= 4 is 17.7 Å². The zero-order chi connectivity index (χ0) is 22.0. The number of carbonyl (C=O) groups excluding carboxylic acids is 1. The molecule has 0 radical (unpaired) electrons. The number of nitrogens with zero attached hydrogens (tertiary/aromatic N) is 2. The maximum Gasteiger partial charge on any atom is 0.416 e. The Kier molecular flexibility index (Phi) is 6.63. The van der Waals surface area contributed by atoms with Crippen molar-refractivity contribution in [1.82, 2.24) is 9.80 Å². The predicted octanol–water partition coefficient (Wildman–Crippen LogP) is 5.44. The summed E-state index contributed by atoms with van der Waals surface area (Å²) < 4.78 is 38.5. The SMILES string of the molecule is CSc1ccc(CN2CC[C@H]3[C@H](CCC(=O)N3Cc3ccc(C(F)(F)F)cc3)C2)cc1. The minimum absolute atomic E-state index is 0.113. The van der Waals surface area contributed by atoms with E-state index in [1.165, 1.54) is 22.6 Å². The summed E-state index contributed by atoms with van der Waals surface area (Å²) in [6, 6.07) is 14.0. The monoisotopic (exact) mass is 448 g/mol. The Morgan fingerprint density at radius 3 is 2.26 bits per heavy atom. The van der Waals surface area contributed by atoms with E-state index in [9.17, 15) is 18.0 Å². The van der Waals surface area contributed by atoms with Crippen LogP contribution in [0.25, 0.3) is 0 Å². The number of hydrogen-bond donors (Lipinski definition) is 0. The molecule has 0 unspecified atom stereocenters. The summed E-state index contributed by atoms with van der Waals surface area (Å²) in [6.45, 7) is 3.16. The van der Waals surface area contributed by atoms with Crippen LogP contribution in [0, 0.1) is 5.92 Å². The van der Waals surface area contributed by atoms with Crippen LogP contribution in [-0.4, -0.2) is 41.1 Å². The third-order valence-corrected chi connectivity index (χ3v) is 7.17. The van der Waals surface area contributed by atoms with E-state index >= 15 is 0 Å². The first kappa shape index (κ1) is 22.2. The Balaban J connectivity index is 1.39. The second-order valence-electron chi connectivity index (χ2n) is 8.45. The molecule has 0 aromatic heterocycles. The molecule has 2 atom stereocenters. The van der Waals surface area contributed by atoms with E-state index in [4.69, 9.17) is 0 Å². The minimum atomic E-state index is -4.34. The van der Waals surface area contributed by atoms with Crippen molar-refractivity contribution in [2.45, 2.75) is 49.5 Å². The molecule has 166 valence electrons. The van der Waals surface area contributed by atoms with Gasteiger partial charge in [-0.1, -0.05) is 24.3 Å². The molecule has 2 aliphatic rings. The van der Waals surface area contributed by atoms with Gasteiger partial charge in [-0.3, -0.25) is 9.69 Å². The third-order valence-electron chi connectivity index (χ3n) is 6.43. The Labute approximate surface area is 185 Å². The number of thioether (sulfide) groups is 1. The summed E-state index contributed by atoms with van der Waals surface area (Å²) in [5, 5.41) is 0. The van der Waals surface area contributed by atoms with Crippen LogP contribution in [0.2, 0.25) is 0 Å². The lowest BCUT2D eigenvalue weighted by molar-refractivity contribution is -0.142. The van der Waals surface area contributed by atoms with E-state index in [0.29, 0.717) is 18.9 Å². The van der Waals surface area contributed by atoms with Gasteiger partial charge in [-0.2, -0.15) is 13.2 Å². The number of carbonyl (C=O) groups is 1. The predicted molar refractivity (Wildman–Crippen MR) is 117 cm³/mol. The lowest BCUT2D eigenvalue weighted by Crippen LogP contribution is -2.55. The highest BCUT2D eigenvalue weighted by Gasteiger charge is 2.39. The van der Waals surface area contributed by atoms with Gasteiger partial charge in [-0.05, 0) is 60.4 Å². The van der Waals surface area contributed by atoms with E-state index in [1.54, 1.807) is 11.8 Å². The number of amides is 1. The average molecular weight is 449 g/mol. The van der Waals surface area contributed by atoms with Gasteiger partial charge in [-0.25, -0.2) is 0 Å². The van der Waals surface area contributed by atoms with Gasteiger partial charge in [0, 0.05) is 43.5 Å². The van der Waals surface area contributed by atoms with Crippen LogP contribution < -0.4 is 0 Å². The largest absolute Gasteiger partial charge is 0.416 e. The van der Waals surface area contributed by atoms with Gasteiger partial charge in [0.2, 0.25) is 5.91 Å². The van der Waals surface area contributed by atoms with Gasteiger partial charge in [0.05, 0.1) is 5.56 Å². The first-order chi connectivity index (χ1) is 14.8. The Bertz CT molecular complexity index is 899. The minimum Gasteiger partial charge on any atom is -0.335 e. The lowest BCUT2D eigenvalue weighted by atomic mass is 9.83. The zero-order valence-electron chi connectivity index (χ0n) is 17.6. The molecule has 1 amide bonds. The normalized spacial score (nSPS) is 22.5. The van der Waals surface area contributed by atoms with Crippen molar-refractivity contribution in [3.63, 3.8) is 0 Å². The molecule has 0 N–H and O–H groups in total. The number of fused-ring (bicyclic) bond motifs is 1. The van der Waals surface area contributed by atoms with Gasteiger partial charge >= 0.3 is 6.18 Å². The molecule has 7 heteroatoms. The van der Waals surface area contributed by atoms with E-state index < -0.39 is 11.7 Å². The molecule has 2 heterocycles. The van der Waals surface area contributed by atoms with Crippen LogP contribution in [0.3, 0.4) is 0 Å². The number of halogens is 3. The highest BCUT2D eigenvalue weighted by molar-refractivity contribution is 7.98. The molecular formula is C24H27F3N2OS. The van der Waals surface area contributed by atoms with Crippen LogP contribution in [0.4, 0.5) is 13.2 Å². The van der Waals surface area contributed by atoms with E-state index in [-0.39, 0.29) is 11.9 Å². The second-order valence-corrected chi connectivity index (χ2v) is 9.33. The van der Waals surface area contributed by atoms with Crippen molar-refractivity contribution in [2.24, 2.45) is 5.92 Å². The average Bonchev–Trinajstić information content (AvgIpc) is 2.76. The second kappa shape index (κ2) is 9.25. The number of alkyl halides is 3. The van der Waals surface area contributed by atoms with Crippen molar-refractivity contribution in [3.05, 3.63) is 65.2 Å². The molecule has 3 nitrogen and oxygen atoms in total. The Hall–Kier alpha value is -1.99. The third kappa shape index (κ3) is 5.26. The molecule has 4 rings (SSSR count). The first-order valence-electron chi connectivity index (χ1n) is 10.6. The van der Waals surface area contributed by atoms with Crippen molar-refractivity contribution in [3.8, 4) is 0 Å². The van der Waals surface area contributed by atoms with Gasteiger partial charge < -0.3 is 4.90 Å². The van der Waals surface area contributed by atoms with E-state index in [2.05, 4.69) is 35.4 Å². The molecule has 0 spiro atoms. The summed E-state index contributed by atoms with van der Waals surface area (Å²) in [4.78, 5) is 18.3. The molecule has 2 fully saturated rings. The molecule has 2 aromatic carbocycles. The quantitative estimate of drug-likeness (QED) is 0.569. The fraction of sp³-hybridized carbons (Fsp3) is 0.458. The van der Waals surface area contributed by atoms with Gasteiger partial charge in [0.1, 0.15) is 0 Å². The number of likely N-dealkylation sites (tertiary alicyclic amines) is 2. The number of benzene rings is 2. The number of hydrogen-bond acceptors (Lipinski definition) is 3. The van der Waals surface area contributed by atoms with Crippen molar-refractivity contribution < 1.29 is 18.0 Å².